The van der Waals surface area contributed by atoms with Crippen LogP contribution in [0.15, 0.2) is 24.3 Å². The van der Waals surface area contributed by atoms with Crippen molar-refractivity contribution in [2.24, 2.45) is 5.92 Å². The Morgan fingerprint density at radius 2 is 1.74 bits per heavy atom. The summed E-state index contributed by atoms with van der Waals surface area (Å²) < 4.78 is 10.1. The van der Waals surface area contributed by atoms with E-state index >= 15 is 0 Å². The molecule has 0 saturated carbocycles. The standard InChI is InChI=1S/C17H23N3O7/c1-11(2)8-9-26-12(3)17(23)27-10-15(21)18-19-16(22)13-4-6-14(7-5-13)20(24)25/h4-7,11-12H,8-10H2,1-3H3,(H,18,21)(H,19,22). The van der Waals surface area contributed by atoms with Crippen molar-refractivity contribution in [2.75, 3.05) is 13.2 Å². The highest BCUT2D eigenvalue weighted by Crippen LogP contribution is 2.11. The molecule has 1 atom stereocenters. The van der Waals surface area contributed by atoms with Crippen molar-refractivity contribution in [2.45, 2.75) is 33.3 Å². The molecular weight excluding hydrogens is 358 g/mol. The van der Waals surface area contributed by atoms with Crippen molar-refractivity contribution in [1.82, 2.24) is 10.9 Å². The third-order valence-electron chi connectivity index (χ3n) is 3.40. The number of nitro groups is 1. The first-order valence-corrected chi connectivity index (χ1v) is 8.32. The zero-order valence-corrected chi connectivity index (χ0v) is 15.4. The Morgan fingerprint density at radius 3 is 2.30 bits per heavy atom. The predicted molar refractivity (Wildman–Crippen MR) is 94.5 cm³/mol. The van der Waals surface area contributed by atoms with E-state index in [4.69, 9.17) is 9.47 Å². The third-order valence-corrected chi connectivity index (χ3v) is 3.40. The van der Waals surface area contributed by atoms with Crippen LogP contribution in [0.5, 0.6) is 0 Å². The molecule has 0 bridgehead atoms. The van der Waals surface area contributed by atoms with E-state index in [1.165, 1.54) is 31.2 Å². The van der Waals surface area contributed by atoms with E-state index in [0.717, 1.165) is 6.42 Å². The van der Waals surface area contributed by atoms with Crippen molar-refractivity contribution in [1.29, 1.82) is 0 Å². The molecular formula is C17H23N3O7. The first-order chi connectivity index (χ1) is 12.7. The highest BCUT2D eigenvalue weighted by atomic mass is 16.6. The molecule has 0 heterocycles. The number of hydrazine groups is 1. The summed E-state index contributed by atoms with van der Waals surface area (Å²) in [6.07, 6.45) is -0.00137. The van der Waals surface area contributed by atoms with Crippen LogP contribution >= 0.6 is 0 Å². The molecule has 1 aromatic carbocycles. The fourth-order valence-electron chi connectivity index (χ4n) is 1.77. The topological polar surface area (TPSA) is 137 Å². The minimum absolute atomic E-state index is 0.116. The fraction of sp³-hybridized carbons (Fsp3) is 0.471. The van der Waals surface area contributed by atoms with Gasteiger partial charge in [0, 0.05) is 24.3 Å². The monoisotopic (exact) mass is 381 g/mol. The quantitative estimate of drug-likeness (QED) is 0.374. The van der Waals surface area contributed by atoms with Crippen LogP contribution in [0, 0.1) is 16.0 Å². The molecule has 0 aliphatic carbocycles. The van der Waals surface area contributed by atoms with Crippen LogP contribution in [0.2, 0.25) is 0 Å². The Morgan fingerprint density at radius 1 is 1.11 bits per heavy atom. The second-order valence-corrected chi connectivity index (χ2v) is 6.11. The number of nitrogens with zero attached hydrogens (tertiary/aromatic N) is 1. The van der Waals surface area contributed by atoms with E-state index in [2.05, 4.69) is 10.9 Å². The Kier molecular flexibility index (Phi) is 8.86. The minimum atomic E-state index is -0.800. The maximum atomic E-state index is 11.8. The molecule has 1 rings (SSSR count). The Balaban J connectivity index is 2.32. The molecule has 0 aromatic heterocycles. The van der Waals surface area contributed by atoms with Crippen LogP contribution in [-0.2, 0) is 19.1 Å². The van der Waals surface area contributed by atoms with Crippen molar-refractivity contribution in [3.63, 3.8) is 0 Å². The normalized spacial score (nSPS) is 11.6. The van der Waals surface area contributed by atoms with Crippen molar-refractivity contribution < 1.29 is 28.8 Å². The lowest BCUT2D eigenvalue weighted by Gasteiger charge is -2.13. The number of hydrogen-bond donors (Lipinski definition) is 2. The highest BCUT2D eigenvalue weighted by Gasteiger charge is 2.17. The van der Waals surface area contributed by atoms with Gasteiger partial charge in [0.2, 0.25) is 0 Å². The van der Waals surface area contributed by atoms with E-state index in [-0.39, 0.29) is 11.3 Å². The van der Waals surface area contributed by atoms with Gasteiger partial charge in [-0.2, -0.15) is 0 Å². The van der Waals surface area contributed by atoms with Crippen LogP contribution in [0.1, 0.15) is 37.6 Å². The maximum absolute atomic E-state index is 11.8. The number of esters is 1. The number of carbonyl (C=O) groups is 3. The summed E-state index contributed by atoms with van der Waals surface area (Å²) >= 11 is 0. The van der Waals surface area contributed by atoms with Crippen LogP contribution in [0.4, 0.5) is 5.69 Å². The molecule has 0 fully saturated rings. The average molecular weight is 381 g/mol. The summed E-state index contributed by atoms with van der Waals surface area (Å²) in [5, 5.41) is 10.6. The molecule has 1 aromatic rings. The number of non-ortho nitro benzene ring substituents is 1. The number of carbonyl (C=O) groups excluding carboxylic acids is 3. The first kappa shape index (κ1) is 22.0. The lowest BCUT2D eigenvalue weighted by Crippen LogP contribution is -2.44. The molecule has 27 heavy (non-hydrogen) atoms. The largest absolute Gasteiger partial charge is 0.454 e. The molecule has 0 spiro atoms. The number of benzene rings is 1. The zero-order chi connectivity index (χ0) is 20.4. The molecule has 0 aliphatic heterocycles. The van der Waals surface area contributed by atoms with Gasteiger partial charge in [0.25, 0.3) is 17.5 Å². The zero-order valence-electron chi connectivity index (χ0n) is 15.4. The van der Waals surface area contributed by atoms with Gasteiger partial charge in [-0.05, 0) is 31.4 Å². The van der Waals surface area contributed by atoms with E-state index in [1.807, 2.05) is 13.8 Å². The molecule has 0 radical (unpaired) electrons. The lowest BCUT2D eigenvalue weighted by atomic mass is 10.1. The summed E-state index contributed by atoms with van der Waals surface area (Å²) in [5.74, 6) is -1.66. The van der Waals surface area contributed by atoms with E-state index in [9.17, 15) is 24.5 Å². The minimum Gasteiger partial charge on any atom is -0.454 e. The van der Waals surface area contributed by atoms with E-state index in [0.29, 0.717) is 12.5 Å². The fourth-order valence-corrected chi connectivity index (χ4v) is 1.77. The Hall–Kier alpha value is -3.01. The molecule has 1 unspecified atom stereocenters. The number of nitro benzene ring substituents is 1. The second kappa shape index (κ2) is 10.9. The van der Waals surface area contributed by atoms with Crippen LogP contribution in [0.25, 0.3) is 0 Å². The highest BCUT2D eigenvalue weighted by molar-refractivity contribution is 5.95. The van der Waals surface area contributed by atoms with Crippen molar-refractivity contribution in [3.05, 3.63) is 39.9 Å². The lowest BCUT2D eigenvalue weighted by molar-refractivity contribution is -0.384. The number of nitrogens with one attached hydrogen (secondary N) is 2. The summed E-state index contributed by atoms with van der Waals surface area (Å²) in [5.41, 5.74) is 4.15. The number of ether oxygens (including phenoxy) is 2. The molecule has 0 aliphatic rings. The van der Waals surface area contributed by atoms with Gasteiger partial charge in [-0.3, -0.25) is 30.6 Å². The molecule has 10 nitrogen and oxygen atoms in total. The first-order valence-electron chi connectivity index (χ1n) is 8.32. The number of rotatable bonds is 9. The number of amides is 2. The Bertz CT molecular complexity index is 674. The summed E-state index contributed by atoms with van der Waals surface area (Å²) in [7, 11) is 0. The Labute approximate surface area is 156 Å². The molecule has 148 valence electrons. The van der Waals surface area contributed by atoms with Crippen molar-refractivity contribution in [3.8, 4) is 0 Å². The van der Waals surface area contributed by atoms with Gasteiger partial charge < -0.3 is 9.47 Å². The van der Waals surface area contributed by atoms with Gasteiger partial charge >= 0.3 is 5.97 Å². The molecule has 0 saturated heterocycles. The van der Waals surface area contributed by atoms with Gasteiger partial charge in [0.15, 0.2) is 12.7 Å². The second-order valence-electron chi connectivity index (χ2n) is 6.11. The van der Waals surface area contributed by atoms with Gasteiger partial charge in [0.05, 0.1) is 4.92 Å². The maximum Gasteiger partial charge on any atom is 0.335 e. The van der Waals surface area contributed by atoms with E-state index in [1.54, 1.807) is 0 Å². The van der Waals surface area contributed by atoms with Gasteiger partial charge in [-0.1, -0.05) is 13.8 Å². The molecule has 2 amide bonds. The predicted octanol–water partition coefficient (Wildman–Crippen LogP) is 1.35. The molecule has 10 heteroatoms. The molecule has 2 N–H and O–H groups in total. The summed E-state index contributed by atoms with van der Waals surface area (Å²) in [4.78, 5) is 45.1. The smallest absolute Gasteiger partial charge is 0.335 e. The average Bonchev–Trinajstić information content (AvgIpc) is 2.63. The van der Waals surface area contributed by atoms with E-state index < -0.39 is 35.4 Å². The SMILES string of the molecule is CC(C)CCOC(C)C(=O)OCC(=O)NNC(=O)c1ccc([N+](=O)[O-])cc1. The van der Waals surface area contributed by atoms with Crippen LogP contribution < -0.4 is 10.9 Å². The van der Waals surface area contributed by atoms with Gasteiger partial charge in [-0.15, -0.1) is 0 Å². The number of hydrogen-bond acceptors (Lipinski definition) is 7. The third kappa shape index (κ3) is 8.27. The van der Waals surface area contributed by atoms with Crippen LogP contribution in [-0.4, -0.2) is 42.0 Å². The van der Waals surface area contributed by atoms with Crippen molar-refractivity contribution >= 4 is 23.5 Å². The van der Waals surface area contributed by atoms with Crippen LogP contribution in [0.3, 0.4) is 0 Å². The summed E-state index contributed by atoms with van der Waals surface area (Å²) in [6, 6.07) is 4.82. The van der Waals surface area contributed by atoms with Gasteiger partial charge in [-0.25, -0.2) is 4.79 Å². The van der Waals surface area contributed by atoms with Gasteiger partial charge in [0.1, 0.15) is 0 Å². The summed E-state index contributed by atoms with van der Waals surface area (Å²) in [6.45, 7) is 5.41.